The van der Waals surface area contributed by atoms with Gasteiger partial charge in [0, 0.05) is 18.6 Å². The van der Waals surface area contributed by atoms with E-state index in [1.165, 1.54) is 12.8 Å². The van der Waals surface area contributed by atoms with Crippen LogP contribution in [0.15, 0.2) is 0 Å². The van der Waals surface area contributed by atoms with Crippen LogP contribution in [0.4, 0.5) is 0 Å². The summed E-state index contributed by atoms with van der Waals surface area (Å²) in [6.07, 6.45) is 4.49. The second kappa shape index (κ2) is 6.58. The highest BCUT2D eigenvalue weighted by molar-refractivity contribution is 4.85. The molecule has 1 fully saturated rings. The summed E-state index contributed by atoms with van der Waals surface area (Å²) in [5.41, 5.74) is 0. The van der Waals surface area contributed by atoms with E-state index in [-0.39, 0.29) is 6.10 Å². The first-order valence-electron chi connectivity index (χ1n) is 6.64. The number of aliphatic hydroxyl groups excluding tert-OH is 1. The second-order valence-corrected chi connectivity index (χ2v) is 5.36. The molecule has 0 aromatic carbocycles. The number of hydrogen-bond donors (Lipinski definition) is 1. The largest absolute Gasteiger partial charge is 0.391 e. The predicted octanol–water partition coefficient (Wildman–Crippen LogP) is 1.56. The molecule has 3 heteroatoms. The lowest BCUT2D eigenvalue weighted by Crippen LogP contribution is -2.51. The number of aliphatic hydroxyl groups is 1. The van der Waals surface area contributed by atoms with Crippen molar-refractivity contribution < 1.29 is 5.11 Å². The van der Waals surface area contributed by atoms with E-state index in [0.29, 0.717) is 12.1 Å². The fourth-order valence-electron chi connectivity index (χ4n) is 2.98. The van der Waals surface area contributed by atoms with Crippen LogP contribution in [0.25, 0.3) is 0 Å². The number of hydrogen-bond acceptors (Lipinski definition) is 3. The first-order chi connectivity index (χ1) is 7.56. The number of rotatable bonds is 5. The van der Waals surface area contributed by atoms with Crippen LogP contribution in [0, 0.1) is 0 Å². The zero-order valence-electron chi connectivity index (χ0n) is 11.3. The van der Waals surface area contributed by atoms with E-state index in [4.69, 9.17) is 0 Å². The molecule has 0 bridgehead atoms. The van der Waals surface area contributed by atoms with Crippen LogP contribution in [0.1, 0.15) is 39.5 Å². The molecule has 1 aliphatic carbocycles. The van der Waals surface area contributed by atoms with Gasteiger partial charge in [-0.3, -0.25) is 4.90 Å². The molecule has 1 rings (SSSR count). The lowest BCUT2D eigenvalue weighted by Gasteiger charge is -2.41. The molecule has 0 spiro atoms. The molecular weight excluding hydrogens is 200 g/mol. The Morgan fingerprint density at radius 2 is 1.88 bits per heavy atom. The standard InChI is InChI=1S/C13H28N2O/c1-5-15(11(2)10-14(3)4)12-8-6-7-9-13(12)16/h11-13,16H,5-10H2,1-4H3/t11?,12-,13-/m0/s1. The van der Waals surface area contributed by atoms with Gasteiger partial charge in [-0.1, -0.05) is 19.8 Å². The summed E-state index contributed by atoms with van der Waals surface area (Å²) in [5.74, 6) is 0. The molecule has 16 heavy (non-hydrogen) atoms. The van der Waals surface area contributed by atoms with Crippen LogP contribution < -0.4 is 0 Å². The average Bonchev–Trinajstić information content (AvgIpc) is 2.20. The monoisotopic (exact) mass is 228 g/mol. The molecule has 3 nitrogen and oxygen atoms in total. The molecule has 0 aromatic heterocycles. The summed E-state index contributed by atoms with van der Waals surface area (Å²) in [5, 5.41) is 10.1. The van der Waals surface area contributed by atoms with E-state index >= 15 is 0 Å². The van der Waals surface area contributed by atoms with Crippen molar-refractivity contribution in [3.05, 3.63) is 0 Å². The van der Waals surface area contributed by atoms with Crippen LogP contribution in [0.3, 0.4) is 0 Å². The molecule has 0 radical (unpaired) electrons. The summed E-state index contributed by atoms with van der Waals surface area (Å²) < 4.78 is 0. The number of likely N-dealkylation sites (N-methyl/N-ethyl adjacent to an activating group) is 2. The summed E-state index contributed by atoms with van der Waals surface area (Å²) >= 11 is 0. The van der Waals surface area contributed by atoms with Crippen molar-refractivity contribution in [3.8, 4) is 0 Å². The zero-order valence-corrected chi connectivity index (χ0v) is 11.3. The summed E-state index contributed by atoms with van der Waals surface area (Å²) in [6.45, 7) is 6.58. The van der Waals surface area contributed by atoms with Gasteiger partial charge in [0.05, 0.1) is 6.10 Å². The molecule has 0 aliphatic heterocycles. The van der Waals surface area contributed by atoms with Crippen LogP contribution in [-0.4, -0.2) is 60.3 Å². The van der Waals surface area contributed by atoms with E-state index in [1.54, 1.807) is 0 Å². The summed E-state index contributed by atoms with van der Waals surface area (Å²) in [6, 6.07) is 0.909. The van der Waals surface area contributed by atoms with Crippen molar-refractivity contribution in [2.45, 2.75) is 57.7 Å². The van der Waals surface area contributed by atoms with Crippen LogP contribution in [0.5, 0.6) is 0 Å². The predicted molar refractivity (Wildman–Crippen MR) is 68.7 cm³/mol. The maximum absolute atomic E-state index is 10.1. The summed E-state index contributed by atoms with van der Waals surface area (Å²) in [7, 11) is 4.23. The molecule has 0 saturated heterocycles. The molecule has 1 unspecified atom stereocenters. The van der Waals surface area contributed by atoms with Gasteiger partial charge in [0.1, 0.15) is 0 Å². The van der Waals surface area contributed by atoms with Gasteiger partial charge in [0.25, 0.3) is 0 Å². The molecule has 1 aliphatic rings. The smallest absolute Gasteiger partial charge is 0.0695 e. The fraction of sp³-hybridized carbons (Fsp3) is 1.00. The summed E-state index contributed by atoms with van der Waals surface area (Å²) in [4.78, 5) is 4.70. The molecule has 0 aromatic rings. The number of nitrogens with zero attached hydrogens (tertiary/aromatic N) is 2. The average molecular weight is 228 g/mol. The lowest BCUT2D eigenvalue weighted by atomic mass is 9.90. The van der Waals surface area contributed by atoms with Gasteiger partial charge in [-0.05, 0) is 40.4 Å². The van der Waals surface area contributed by atoms with E-state index in [0.717, 1.165) is 25.9 Å². The minimum absolute atomic E-state index is 0.113. The molecule has 0 heterocycles. The van der Waals surface area contributed by atoms with E-state index in [9.17, 15) is 5.11 Å². The Hall–Kier alpha value is -0.120. The van der Waals surface area contributed by atoms with E-state index in [1.807, 2.05) is 0 Å². The highest BCUT2D eigenvalue weighted by atomic mass is 16.3. The maximum atomic E-state index is 10.1. The van der Waals surface area contributed by atoms with Gasteiger partial charge >= 0.3 is 0 Å². The molecule has 96 valence electrons. The molecular formula is C13H28N2O. The Labute approximate surface area is 100 Å². The van der Waals surface area contributed by atoms with Crippen molar-refractivity contribution in [1.29, 1.82) is 0 Å². The Morgan fingerprint density at radius 1 is 1.25 bits per heavy atom. The van der Waals surface area contributed by atoms with Gasteiger partial charge in [0.15, 0.2) is 0 Å². The van der Waals surface area contributed by atoms with Crippen molar-refractivity contribution >= 4 is 0 Å². The molecule has 3 atom stereocenters. The van der Waals surface area contributed by atoms with Crippen molar-refractivity contribution in [2.24, 2.45) is 0 Å². The van der Waals surface area contributed by atoms with Crippen LogP contribution in [0.2, 0.25) is 0 Å². The van der Waals surface area contributed by atoms with Crippen LogP contribution in [-0.2, 0) is 0 Å². The van der Waals surface area contributed by atoms with Gasteiger partial charge in [-0.2, -0.15) is 0 Å². The van der Waals surface area contributed by atoms with Crippen LogP contribution >= 0.6 is 0 Å². The highest BCUT2D eigenvalue weighted by Gasteiger charge is 2.30. The zero-order chi connectivity index (χ0) is 12.1. The quantitative estimate of drug-likeness (QED) is 0.773. The topological polar surface area (TPSA) is 26.7 Å². The molecule has 1 N–H and O–H groups in total. The Bertz CT molecular complexity index is 196. The van der Waals surface area contributed by atoms with Crippen molar-refractivity contribution in [2.75, 3.05) is 27.2 Å². The Balaban J connectivity index is 2.57. The molecule has 1 saturated carbocycles. The Kier molecular flexibility index (Phi) is 5.73. The lowest BCUT2D eigenvalue weighted by molar-refractivity contribution is -0.000201. The van der Waals surface area contributed by atoms with Gasteiger partial charge in [0.2, 0.25) is 0 Å². The first-order valence-corrected chi connectivity index (χ1v) is 6.64. The van der Waals surface area contributed by atoms with Gasteiger partial charge < -0.3 is 10.0 Å². The third-order valence-electron chi connectivity index (χ3n) is 3.68. The Morgan fingerprint density at radius 3 is 2.38 bits per heavy atom. The van der Waals surface area contributed by atoms with Gasteiger partial charge in [-0.15, -0.1) is 0 Å². The highest BCUT2D eigenvalue weighted by Crippen LogP contribution is 2.24. The third-order valence-corrected chi connectivity index (χ3v) is 3.68. The third kappa shape index (κ3) is 3.72. The minimum Gasteiger partial charge on any atom is -0.391 e. The fourth-order valence-corrected chi connectivity index (χ4v) is 2.98. The molecule has 0 amide bonds. The van der Waals surface area contributed by atoms with Crippen molar-refractivity contribution in [1.82, 2.24) is 9.80 Å². The van der Waals surface area contributed by atoms with E-state index in [2.05, 4.69) is 37.7 Å². The van der Waals surface area contributed by atoms with Crippen molar-refractivity contribution in [3.63, 3.8) is 0 Å². The van der Waals surface area contributed by atoms with Gasteiger partial charge in [-0.25, -0.2) is 0 Å². The second-order valence-electron chi connectivity index (χ2n) is 5.36. The van der Waals surface area contributed by atoms with E-state index < -0.39 is 0 Å². The minimum atomic E-state index is -0.113. The normalized spacial score (nSPS) is 28.7. The SMILES string of the molecule is CCN(C(C)CN(C)C)[C@H]1CCCC[C@@H]1O. The maximum Gasteiger partial charge on any atom is 0.0695 e. The first kappa shape index (κ1) is 13.9.